The first kappa shape index (κ1) is 34.8. The Kier molecular flexibility index (Phi) is 12.9. The van der Waals surface area contributed by atoms with Gasteiger partial charge in [-0.1, -0.05) is 24.3 Å². The summed E-state index contributed by atoms with van der Waals surface area (Å²) in [5.74, 6) is -2.52. The Balaban J connectivity index is 1.67. The number of aromatic nitrogens is 1. The Morgan fingerprint density at radius 3 is 2.09 bits per heavy atom. The number of rotatable bonds is 17. The minimum absolute atomic E-state index is 0.0811. The second-order valence-corrected chi connectivity index (χ2v) is 10.6. The van der Waals surface area contributed by atoms with Gasteiger partial charge in [-0.25, -0.2) is 0 Å². The minimum atomic E-state index is -0.988. The molecule has 3 atom stereocenters. The first-order chi connectivity index (χ1) is 21.9. The lowest BCUT2D eigenvalue weighted by molar-refractivity contribution is -0.127. The van der Waals surface area contributed by atoms with Gasteiger partial charge in [-0.3, -0.25) is 29.2 Å². The van der Waals surface area contributed by atoms with Crippen molar-refractivity contribution < 1.29 is 19.2 Å². The fourth-order valence-corrected chi connectivity index (χ4v) is 4.68. The number of benzene rings is 2. The molecular formula is C30H42N12O4. The molecule has 16 N–H and O–H groups in total. The molecule has 0 fully saturated rings. The molecule has 1 aromatic heterocycles. The van der Waals surface area contributed by atoms with Crippen LogP contribution in [0.1, 0.15) is 41.6 Å². The van der Waals surface area contributed by atoms with E-state index >= 15 is 0 Å². The fourth-order valence-electron chi connectivity index (χ4n) is 4.68. The van der Waals surface area contributed by atoms with Gasteiger partial charge in [-0.2, -0.15) is 0 Å². The van der Waals surface area contributed by atoms with Crippen molar-refractivity contribution in [2.75, 3.05) is 18.4 Å². The number of carbonyl (C=O) groups is 4. The summed E-state index contributed by atoms with van der Waals surface area (Å²) in [7, 11) is 0. The number of hydrogen-bond donors (Lipinski definition) is 10. The van der Waals surface area contributed by atoms with Crippen molar-refractivity contribution in [3.63, 3.8) is 0 Å². The number of para-hydroxylation sites is 1. The van der Waals surface area contributed by atoms with Crippen molar-refractivity contribution in [1.29, 1.82) is 0 Å². The lowest BCUT2D eigenvalue weighted by Crippen LogP contribution is -2.50. The van der Waals surface area contributed by atoms with Crippen LogP contribution in [-0.4, -0.2) is 71.7 Å². The number of hydrogen-bond acceptors (Lipinski definition) is 7. The SMILES string of the molecule is NC(=O)C(CCCN=C(N)N)NC(=O)c1cccc(NC(=O)C(CCCN=C(N)N)NC(=O)C(N)Cc2c[nH]c3ccccc23)c1. The van der Waals surface area contributed by atoms with Crippen LogP contribution in [0, 0.1) is 0 Å². The summed E-state index contributed by atoms with van der Waals surface area (Å²) in [6.07, 6.45) is 3.26. The molecule has 4 amide bonds. The van der Waals surface area contributed by atoms with E-state index in [1.165, 1.54) is 12.1 Å². The fraction of sp³-hybridized carbons (Fsp3) is 0.333. The molecule has 3 aromatic rings. The van der Waals surface area contributed by atoms with Crippen LogP contribution in [-0.2, 0) is 20.8 Å². The zero-order valence-corrected chi connectivity index (χ0v) is 25.4. The van der Waals surface area contributed by atoms with Gasteiger partial charge in [-0.15, -0.1) is 0 Å². The number of H-pyrrole nitrogens is 1. The molecule has 46 heavy (non-hydrogen) atoms. The number of nitrogens with one attached hydrogen (secondary N) is 4. The molecular weight excluding hydrogens is 592 g/mol. The van der Waals surface area contributed by atoms with E-state index in [0.29, 0.717) is 12.8 Å². The molecule has 16 nitrogen and oxygen atoms in total. The van der Waals surface area contributed by atoms with Gasteiger partial charge in [0, 0.05) is 41.4 Å². The van der Waals surface area contributed by atoms with E-state index in [2.05, 4.69) is 30.9 Å². The molecule has 0 radical (unpaired) electrons. The highest BCUT2D eigenvalue weighted by atomic mass is 16.2. The molecule has 0 aliphatic rings. The van der Waals surface area contributed by atoms with Gasteiger partial charge in [0.1, 0.15) is 12.1 Å². The summed E-state index contributed by atoms with van der Waals surface area (Å²) in [5.41, 5.74) is 35.4. The molecule has 3 unspecified atom stereocenters. The maximum Gasteiger partial charge on any atom is 0.252 e. The van der Waals surface area contributed by atoms with Gasteiger partial charge < -0.3 is 55.3 Å². The second kappa shape index (κ2) is 17.0. The average molecular weight is 635 g/mol. The summed E-state index contributed by atoms with van der Waals surface area (Å²) in [5, 5.41) is 9.02. The van der Waals surface area contributed by atoms with E-state index in [9.17, 15) is 19.2 Å². The highest BCUT2D eigenvalue weighted by molar-refractivity contribution is 6.01. The van der Waals surface area contributed by atoms with Crippen molar-refractivity contribution in [3.05, 3.63) is 65.9 Å². The summed E-state index contributed by atoms with van der Waals surface area (Å²) >= 11 is 0. The third-order valence-corrected chi connectivity index (χ3v) is 7.02. The van der Waals surface area contributed by atoms with Crippen LogP contribution in [0.2, 0.25) is 0 Å². The van der Waals surface area contributed by atoms with E-state index in [1.54, 1.807) is 18.3 Å². The van der Waals surface area contributed by atoms with Gasteiger partial charge >= 0.3 is 0 Å². The first-order valence-corrected chi connectivity index (χ1v) is 14.7. The van der Waals surface area contributed by atoms with E-state index < -0.39 is 41.8 Å². The standard InChI is InChI=1S/C30H42N12O4/c31-21(15-18-16-39-22-9-2-1-8-20(18)22)27(45)42-24(11-5-13-38-30(35)36)28(46)40-19-7-3-6-17(14-19)26(44)41-23(25(32)43)10-4-12-37-29(33)34/h1-3,6-9,14,16,21,23-24,39H,4-5,10-13,15,31H2,(H2,32,43)(H,40,46)(H,41,44)(H,42,45)(H4,33,34,37)(H4,35,36,38). The van der Waals surface area contributed by atoms with Crippen LogP contribution >= 0.6 is 0 Å². The number of primary amides is 1. The monoisotopic (exact) mass is 634 g/mol. The van der Waals surface area contributed by atoms with E-state index in [0.717, 1.165) is 16.5 Å². The summed E-state index contributed by atoms with van der Waals surface area (Å²) in [6, 6.07) is 10.9. The van der Waals surface area contributed by atoms with Crippen molar-refractivity contribution in [2.24, 2.45) is 44.4 Å². The molecule has 0 bridgehead atoms. The van der Waals surface area contributed by atoms with Crippen LogP contribution in [0.4, 0.5) is 5.69 Å². The molecule has 0 aliphatic carbocycles. The van der Waals surface area contributed by atoms with Crippen molar-refractivity contribution in [2.45, 2.75) is 50.2 Å². The number of amides is 4. The minimum Gasteiger partial charge on any atom is -0.370 e. The normalized spacial score (nSPS) is 12.7. The number of aliphatic imine (C=N–C) groups is 2. The lowest BCUT2D eigenvalue weighted by atomic mass is 10.0. The molecule has 0 saturated heterocycles. The molecule has 0 aliphatic heterocycles. The van der Waals surface area contributed by atoms with Crippen molar-refractivity contribution in [1.82, 2.24) is 15.6 Å². The number of fused-ring (bicyclic) bond motifs is 1. The highest BCUT2D eigenvalue weighted by Crippen LogP contribution is 2.19. The number of carbonyl (C=O) groups excluding carboxylic acids is 4. The number of nitrogens with two attached hydrogens (primary N) is 6. The highest BCUT2D eigenvalue weighted by Gasteiger charge is 2.25. The van der Waals surface area contributed by atoms with Crippen LogP contribution < -0.4 is 50.4 Å². The maximum atomic E-state index is 13.4. The van der Waals surface area contributed by atoms with Gasteiger partial charge in [0.25, 0.3) is 5.91 Å². The number of nitrogens with zero attached hydrogens (tertiary/aromatic N) is 2. The largest absolute Gasteiger partial charge is 0.370 e. The maximum absolute atomic E-state index is 13.4. The van der Waals surface area contributed by atoms with E-state index in [1.807, 2.05) is 24.3 Å². The van der Waals surface area contributed by atoms with Crippen molar-refractivity contribution >= 4 is 52.1 Å². The summed E-state index contributed by atoms with van der Waals surface area (Å²) in [6.45, 7) is 0.507. The van der Waals surface area contributed by atoms with E-state index in [4.69, 9.17) is 34.4 Å². The van der Waals surface area contributed by atoms with Gasteiger partial charge in [0.15, 0.2) is 11.9 Å². The second-order valence-electron chi connectivity index (χ2n) is 10.6. The predicted octanol–water partition coefficient (Wildman–Crippen LogP) is -1.15. The third-order valence-electron chi connectivity index (χ3n) is 7.02. The van der Waals surface area contributed by atoms with Crippen molar-refractivity contribution in [3.8, 4) is 0 Å². The number of aromatic amines is 1. The Morgan fingerprint density at radius 1 is 0.783 bits per heavy atom. The third kappa shape index (κ3) is 10.8. The zero-order chi connectivity index (χ0) is 33.6. The Morgan fingerprint density at radius 2 is 1.43 bits per heavy atom. The topological polar surface area (TPSA) is 301 Å². The first-order valence-electron chi connectivity index (χ1n) is 14.7. The quantitative estimate of drug-likeness (QED) is 0.0486. The zero-order valence-electron chi connectivity index (χ0n) is 25.4. The number of guanidine groups is 2. The smallest absolute Gasteiger partial charge is 0.252 e. The van der Waals surface area contributed by atoms with Gasteiger partial charge in [-0.05, 0) is 61.9 Å². The summed E-state index contributed by atoms with van der Waals surface area (Å²) < 4.78 is 0. The molecule has 2 aromatic carbocycles. The molecule has 246 valence electrons. The average Bonchev–Trinajstić information content (AvgIpc) is 3.42. The molecule has 3 rings (SSSR count). The van der Waals surface area contributed by atoms with Crippen LogP contribution in [0.3, 0.4) is 0 Å². The van der Waals surface area contributed by atoms with Gasteiger partial charge in [0.2, 0.25) is 17.7 Å². The molecule has 1 heterocycles. The molecule has 0 spiro atoms. The van der Waals surface area contributed by atoms with E-state index in [-0.39, 0.29) is 55.5 Å². The van der Waals surface area contributed by atoms with Gasteiger partial charge in [0.05, 0.1) is 6.04 Å². The molecule has 0 saturated carbocycles. The Hall–Kier alpha value is -5.64. The predicted molar refractivity (Wildman–Crippen MR) is 177 cm³/mol. The summed E-state index contributed by atoms with van der Waals surface area (Å²) in [4.78, 5) is 62.3. The molecule has 16 heteroatoms. The Bertz CT molecular complexity index is 1580. The van der Waals surface area contributed by atoms with Crippen LogP contribution in [0.5, 0.6) is 0 Å². The lowest BCUT2D eigenvalue weighted by Gasteiger charge is -2.21. The Labute approximate surface area is 265 Å². The van der Waals surface area contributed by atoms with Crippen LogP contribution in [0.25, 0.3) is 10.9 Å². The number of anilines is 1. The van der Waals surface area contributed by atoms with Crippen LogP contribution in [0.15, 0.2) is 64.7 Å².